The minimum absolute atomic E-state index is 0.117. The first kappa shape index (κ1) is 15.4. The van der Waals surface area contributed by atoms with Crippen molar-refractivity contribution >= 4 is 21.6 Å². The lowest BCUT2D eigenvalue weighted by Gasteiger charge is -2.10. The van der Waals surface area contributed by atoms with Gasteiger partial charge in [-0.25, -0.2) is 13.1 Å². The van der Waals surface area contributed by atoms with Crippen molar-refractivity contribution in [1.82, 2.24) is 4.72 Å². The van der Waals surface area contributed by atoms with Crippen LogP contribution >= 0.6 is 11.6 Å². The molecule has 0 aromatic heterocycles. The molecule has 0 bridgehead atoms. The Morgan fingerprint density at radius 2 is 1.89 bits per heavy atom. The van der Waals surface area contributed by atoms with Gasteiger partial charge in [-0.05, 0) is 24.1 Å². The Labute approximate surface area is 111 Å². The van der Waals surface area contributed by atoms with E-state index in [1.807, 2.05) is 0 Å². The Morgan fingerprint density at radius 1 is 1.28 bits per heavy atom. The number of rotatable bonds is 7. The summed E-state index contributed by atoms with van der Waals surface area (Å²) in [5.74, 6) is 0.479. The first-order valence-electron chi connectivity index (χ1n) is 5.43. The molecule has 1 rings (SSSR count). The van der Waals surface area contributed by atoms with Gasteiger partial charge in [0.05, 0.1) is 17.6 Å². The molecule has 0 spiro atoms. The molecule has 5 nitrogen and oxygen atoms in total. The molecule has 102 valence electrons. The van der Waals surface area contributed by atoms with Crippen LogP contribution in [0.3, 0.4) is 0 Å². The van der Waals surface area contributed by atoms with E-state index in [1.165, 1.54) is 12.1 Å². The third-order valence-corrected chi connectivity index (χ3v) is 3.97. The topological polar surface area (TPSA) is 86.6 Å². The lowest BCUT2D eigenvalue weighted by molar-refractivity contribution is 0.0988. The first-order valence-corrected chi connectivity index (χ1v) is 7.45. The lowest BCUT2D eigenvalue weighted by Crippen LogP contribution is -2.33. The molecular weight excluding hydrogens is 278 g/mol. The van der Waals surface area contributed by atoms with E-state index in [-0.39, 0.29) is 11.4 Å². The molecule has 1 aromatic rings. The van der Waals surface area contributed by atoms with Gasteiger partial charge in [-0.3, -0.25) is 0 Å². The van der Waals surface area contributed by atoms with E-state index >= 15 is 0 Å². The average molecular weight is 294 g/mol. The molecule has 0 aliphatic heterocycles. The number of aryl methyl sites for hydroxylation is 1. The highest BCUT2D eigenvalue weighted by Crippen LogP contribution is 2.11. The molecule has 3 N–H and O–H groups in total. The van der Waals surface area contributed by atoms with Crippen LogP contribution in [0.25, 0.3) is 0 Å². The van der Waals surface area contributed by atoms with Gasteiger partial charge in [-0.15, -0.1) is 11.6 Å². The number of sulfonamides is 1. The number of aliphatic hydroxyl groups is 2. The van der Waals surface area contributed by atoms with Crippen LogP contribution in [0.15, 0.2) is 29.2 Å². The molecular formula is C11H16ClNO4S. The minimum atomic E-state index is -3.65. The fourth-order valence-corrected chi connectivity index (χ4v) is 2.59. The van der Waals surface area contributed by atoms with Crippen molar-refractivity contribution in [2.24, 2.45) is 0 Å². The number of aliphatic hydroxyl groups excluding tert-OH is 2. The number of hydrogen-bond donors (Lipinski definition) is 3. The summed E-state index contributed by atoms with van der Waals surface area (Å²) in [5.41, 5.74) is 0.958. The van der Waals surface area contributed by atoms with E-state index in [2.05, 4.69) is 4.72 Å². The van der Waals surface area contributed by atoms with Crippen LogP contribution in [0.1, 0.15) is 5.56 Å². The second-order valence-corrected chi connectivity index (χ2v) is 5.92. The van der Waals surface area contributed by atoms with E-state index in [0.29, 0.717) is 12.3 Å². The second-order valence-electron chi connectivity index (χ2n) is 3.77. The van der Waals surface area contributed by atoms with E-state index in [0.717, 1.165) is 5.56 Å². The summed E-state index contributed by atoms with van der Waals surface area (Å²) < 4.78 is 25.8. The minimum Gasteiger partial charge on any atom is -0.394 e. The van der Waals surface area contributed by atoms with Gasteiger partial charge in [0.2, 0.25) is 10.0 Å². The predicted molar refractivity (Wildman–Crippen MR) is 69.1 cm³/mol. The Balaban J connectivity index is 2.72. The van der Waals surface area contributed by atoms with Gasteiger partial charge >= 0.3 is 0 Å². The van der Waals surface area contributed by atoms with Crippen LogP contribution < -0.4 is 4.72 Å². The number of hydrogen-bond acceptors (Lipinski definition) is 4. The smallest absolute Gasteiger partial charge is 0.240 e. The van der Waals surface area contributed by atoms with E-state index in [9.17, 15) is 8.42 Å². The maximum atomic E-state index is 11.8. The number of benzene rings is 1. The van der Waals surface area contributed by atoms with Crippen LogP contribution in [-0.2, 0) is 16.4 Å². The van der Waals surface area contributed by atoms with Crippen molar-refractivity contribution in [3.05, 3.63) is 29.8 Å². The molecule has 0 aliphatic carbocycles. The van der Waals surface area contributed by atoms with Gasteiger partial charge in [0, 0.05) is 12.4 Å². The fraction of sp³-hybridized carbons (Fsp3) is 0.455. The Morgan fingerprint density at radius 3 is 2.39 bits per heavy atom. The predicted octanol–water partition coefficient (Wildman–Crippen LogP) is 0.0994. The quantitative estimate of drug-likeness (QED) is 0.622. The highest BCUT2D eigenvalue weighted by atomic mass is 35.5. The molecule has 0 amide bonds. The zero-order valence-corrected chi connectivity index (χ0v) is 11.3. The van der Waals surface area contributed by atoms with Gasteiger partial charge in [-0.2, -0.15) is 0 Å². The molecule has 7 heteroatoms. The van der Waals surface area contributed by atoms with E-state index in [4.69, 9.17) is 21.8 Å². The Kier molecular flexibility index (Phi) is 6.04. The van der Waals surface area contributed by atoms with E-state index < -0.39 is 22.7 Å². The highest BCUT2D eigenvalue weighted by molar-refractivity contribution is 7.89. The summed E-state index contributed by atoms with van der Waals surface area (Å²) >= 11 is 5.58. The van der Waals surface area contributed by atoms with Crippen molar-refractivity contribution in [3.8, 4) is 0 Å². The highest BCUT2D eigenvalue weighted by Gasteiger charge is 2.15. The first-order chi connectivity index (χ1) is 8.49. The number of halogens is 1. The maximum Gasteiger partial charge on any atom is 0.240 e. The summed E-state index contributed by atoms with van der Waals surface area (Å²) in [6, 6.07) is 6.35. The molecule has 0 saturated heterocycles. The maximum absolute atomic E-state index is 11.8. The van der Waals surface area contributed by atoms with Gasteiger partial charge < -0.3 is 10.2 Å². The van der Waals surface area contributed by atoms with Gasteiger partial charge in [0.1, 0.15) is 0 Å². The summed E-state index contributed by atoms with van der Waals surface area (Å²) in [7, 11) is -3.65. The number of nitrogens with one attached hydrogen (secondary N) is 1. The van der Waals surface area contributed by atoms with Crippen molar-refractivity contribution < 1.29 is 18.6 Å². The monoisotopic (exact) mass is 293 g/mol. The van der Waals surface area contributed by atoms with Crippen LogP contribution in [-0.4, -0.2) is 43.8 Å². The molecule has 0 radical (unpaired) electrons. The second kappa shape index (κ2) is 7.06. The fourth-order valence-electron chi connectivity index (χ4n) is 1.30. The van der Waals surface area contributed by atoms with E-state index in [1.54, 1.807) is 12.1 Å². The largest absolute Gasteiger partial charge is 0.394 e. The van der Waals surface area contributed by atoms with Gasteiger partial charge in [0.25, 0.3) is 0 Å². The summed E-state index contributed by atoms with van der Waals surface area (Å²) in [4.78, 5) is 0.117. The molecule has 1 aromatic carbocycles. The summed E-state index contributed by atoms with van der Waals surface area (Å²) in [5, 5.41) is 17.7. The molecule has 0 heterocycles. The molecule has 0 aliphatic rings. The third-order valence-electron chi connectivity index (χ3n) is 2.34. The SMILES string of the molecule is O=S(=O)(NCC(O)CO)c1ccc(CCCl)cc1. The van der Waals surface area contributed by atoms with Crippen LogP contribution in [0.2, 0.25) is 0 Å². The third kappa shape index (κ3) is 4.55. The normalized spacial score (nSPS) is 13.5. The molecule has 1 unspecified atom stereocenters. The van der Waals surface area contributed by atoms with Gasteiger partial charge in [-0.1, -0.05) is 12.1 Å². The molecule has 0 fully saturated rings. The van der Waals surface area contributed by atoms with Crippen molar-refractivity contribution in [3.63, 3.8) is 0 Å². The van der Waals surface area contributed by atoms with Crippen molar-refractivity contribution in [1.29, 1.82) is 0 Å². The molecule has 0 saturated carbocycles. The zero-order valence-electron chi connectivity index (χ0n) is 9.71. The van der Waals surface area contributed by atoms with Crippen LogP contribution in [0.4, 0.5) is 0 Å². The molecule has 18 heavy (non-hydrogen) atoms. The number of alkyl halides is 1. The van der Waals surface area contributed by atoms with Gasteiger partial charge in [0.15, 0.2) is 0 Å². The average Bonchev–Trinajstić information content (AvgIpc) is 2.37. The Hall–Kier alpha value is -0.660. The Bertz CT molecular complexity index is 460. The van der Waals surface area contributed by atoms with Crippen LogP contribution in [0.5, 0.6) is 0 Å². The van der Waals surface area contributed by atoms with Crippen molar-refractivity contribution in [2.75, 3.05) is 19.0 Å². The summed E-state index contributed by atoms with van der Waals surface area (Å²) in [6.45, 7) is -0.709. The van der Waals surface area contributed by atoms with Crippen LogP contribution in [0, 0.1) is 0 Å². The standard InChI is InChI=1S/C11H16ClNO4S/c12-6-5-9-1-3-11(4-2-9)18(16,17)13-7-10(15)8-14/h1-4,10,13-15H,5-8H2. The summed E-state index contributed by atoms with van der Waals surface area (Å²) in [6.07, 6.45) is -0.422. The zero-order chi connectivity index (χ0) is 13.6. The molecule has 1 atom stereocenters. The lowest BCUT2D eigenvalue weighted by atomic mass is 10.2. The van der Waals surface area contributed by atoms with Crippen molar-refractivity contribution in [2.45, 2.75) is 17.4 Å².